The number of ketones is 1. The Labute approximate surface area is 101 Å². The lowest BCUT2D eigenvalue weighted by molar-refractivity contribution is 0.0972. The van der Waals surface area contributed by atoms with Crippen LogP contribution in [0, 0.1) is 6.92 Å². The first-order valence-corrected chi connectivity index (χ1v) is 6.90. The summed E-state index contributed by atoms with van der Waals surface area (Å²) in [5.74, 6) is 0.303. The van der Waals surface area contributed by atoms with Crippen LogP contribution in [0.1, 0.15) is 46.7 Å². The molecule has 1 unspecified atom stereocenters. The molecule has 1 aromatic rings. The van der Waals surface area contributed by atoms with Crippen LogP contribution in [0.25, 0.3) is 0 Å². The summed E-state index contributed by atoms with van der Waals surface area (Å²) in [6, 6.07) is 4.38. The average molecular weight is 237 g/mol. The molecule has 1 fully saturated rings. The predicted molar refractivity (Wildman–Crippen MR) is 68.3 cm³/mol. The molecule has 2 rings (SSSR count). The van der Waals surface area contributed by atoms with E-state index in [1.807, 2.05) is 19.1 Å². The third-order valence-corrected chi connectivity index (χ3v) is 4.15. The van der Waals surface area contributed by atoms with Crippen LogP contribution in [-0.4, -0.2) is 18.4 Å². The van der Waals surface area contributed by atoms with Gasteiger partial charge in [0.25, 0.3) is 0 Å². The Balaban J connectivity index is 1.90. The summed E-state index contributed by atoms with van der Waals surface area (Å²) in [6.45, 7) is 3.12. The monoisotopic (exact) mass is 237 g/mol. The maximum absolute atomic E-state index is 12.0. The first kappa shape index (κ1) is 11.8. The molecule has 0 saturated carbocycles. The Bertz CT molecular complexity index is 351. The summed E-state index contributed by atoms with van der Waals surface area (Å²) in [4.78, 5) is 14.1. The number of carbonyl (C=O) groups excluding carboxylic acids is 1. The van der Waals surface area contributed by atoms with E-state index in [1.165, 1.54) is 24.1 Å². The summed E-state index contributed by atoms with van der Waals surface area (Å²) in [5, 5.41) is 3.47. The number of hydrogen-bond acceptors (Lipinski definition) is 3. The van der Waals surface area contributed by atoms with Gasteiger partial charge in [-0.1, -0.05) is 12.8 Å². The summed E-state index contributed by atoms with van der Waals surface area (Å²) >= 11 is 1.61. The molecule has 1 atom stereocenters. The molecule has 0 amide bonds. The number of thiophene rings is 1. The van der Waals surface area contributed by atoms with E-state index in [2.05, 4.69) is 5.32 Å². The Morgan fingerprint density at radius 3 is 3.06 bits per heavy atom. The van der Waals surface area contributed by atoms with Gasteiger partial charge in [-0.3, -0.25) is 4.79 Å². The molecule has 1 aliphatic rings. The minimum Gasteiger partial charge on any atom is -0.314 e. The van der Waals surface area contributed by atoms with E-state index in [1.54, 1.807) is 11.3 Å². The van der Waals surface area contributed by atoms with Crippen molar-refractivity contribution in [1.29, 1.82) is 0 Å². The molecule has 0 radical (unpaired) electrons. The minimum absolute atomic E-state index is 0.303. The Kier molecular flexibility index (Phi) is 4.13. The zero-order valence-electron chi connectivity index (χ0n) is 9.79. The third-order valence-electron chi connectivity index (χ3n) is 3.11. The van der Waals surface area contributed by atoms with Crippen LogP contribution >= 0.6 is 11.3 Å². The van der Waals surface area contributed by atoms with Gasteiger partial charge in [0.1, 0.15) is 0 Å². The van der Waals surface area contributed by atoms with Crippen LogP contribution in [0.2, 0.25) is 0 Å². The van der Waals surface area contributed by atoms with Crippen LogP contribution in [0.15, 0.2) is 12.1 Å². The summed E-state index contributed by atoms with van der Waals surface area (Å²) in [6.07, 6.45) is 5.63. The minimum atomic E-state index is 0.303. The highest BCUT2D eigenvalue weighted by atomic mass is 32.1. The smallest absolute Gasteiger partial charge is 0.174 e. The molecular weight excluding hydrogens is 218 g/mol. The molecule has 2 heterocycles. The average Bonchev–Trinajstić information content (AvgIpc) is 2.54. The van der Waals surface area contributed by atoms with Gasteiger partial charge in [0, 0.05) is 17.3 Å². The van der Waals surface area contributed by atoms with Crippen molar-refractivity contribution in [3.8, 4) is 0 Å². The third kappa shape index (κ3) is 3.16. The molecule has 88 valence electrons. The number of rotatable bonds is 3. The standard InChI is InChI=1S/C13H19NOS/c1-10-6-7-13(16-10)12(15)9-11-5-3-2-4-8-14-11/h6-7,11,14H,2-5,8-9H2,1H3. The van der Waals surface area contributed by atoms with Gasteiger partial charge < -0.3 is 5.32 Å². The molecule has 1 aromatic heterocycles. The highest BCUT2D eigenvalue weighted by Gasteiger charge is 2.17. The van der Waals surface area contributed by atoms with E-state index in [0.29, 0.717) is 18.2 Å². The van der Waals surface area contributed by atoms with Gasteiger partial charge in [-0.15, -0.1) is 11.3 Å². The second-order valence-corrected chi connectivity index (χ2v) is 5.83. The second kappa shape index (κ2) is 5.60. The van der Waals surface area contributed by atoms with Crippen molar-refractivity contribution in [2.24, 2.45) is 0 Å². The molecule has 16 heavy (non-hydrogen) atoms. The number of Topliss-reactive ketones (excluding diaryl/α,β-unsaturated/α-hetero) is 1. The van der Waals surface area contributed by atoms with Gasteiger partial charge in [0.2, 0.25) is 0 Å². The summed E-state index contributed by atoms with van der Waals surface area (Å²) < 4.78 is 0. The Morgan fingerprint density at radius 1 is 1.44 bits per heavy atom. The largest absolute Gasteiger partial charge is 0.314 e. The van der Waals surface area contributed by atoms with Gasteiger partial charge in [-0.25, -0.2) is 0 Å². The second-order valence-electron chi connectivity index (χ2n) is 4.54. The predicted octanol–water partition coefficient (Wildman–Crippen LogP) is 3.16. The Morgan fingerprint density at radius 2 is 2.31 bits per heavy atom. The molecular formula is C13H19NOS. The van der Waals surface area contributed by atoms with Crippen LogP contribution in [0.5, 0.6) is 0 Å². The molecule has 3 heteroatoms. The fourth-order valence-corrected chi connectivity index (χ4v) is 3.00. The fourth-order valence-electron chi connectivity index (χ4n) is 2.18. The lowest BCUT2D eigenvalue weighted by Crippen LogP contribution is -2.30. The lowest BCUT2D eigenvalue weighted by atomic mass is 10.0. The van der Waals surface area contributed by atoms with E-state index in [4.69, 9.17) is 0 Å². The van der Waals surface area contributed by atoms with Crippen molar-refractivity contribution < 1.29 is 4.79 Å². The summed E-state index contributed by atoms with van der Waals surface area (Å²) in [7, 11) is 0. The van der Waals surface area contributed by atoms with Crippen LogP contribution in [0.4, 0.5) is 0 Å². The lowest BCUT2D eigenvalue weighted by Gasteiger charge is -2.13. The van der Waals surface area contributed by atoms with E-state index in [0.717, 1.165) is 17.8 Å². The number of nitrogens with one attached hydrogen (secondary N) is 1. The van der Waals surface area contributed by atoms with Gasteiger partial charge >= 0.3 is 0 Å². The normalized spacial score (nSPS) is 21.7. The molecule has 2 nitrogen and oxygen atoms in total. The SMILES string of the molecule is Cc1ccc(C(=O)CC2CCCCCN2)s1. The van der Waals surface area contributed by atoms with E-state index in [9.17, 15) is 4.79 Å². The van der Waals surface area contributed by atoms with Gasteiger partial charge in [0.05, 0.1) is 4.88 Å². The topological polar surface area (TPSA) is 29.1 Å². The van der Waals surface area contributed by atoms with Crippen molar-refractivity contribution in [2.45, 2.75) is 45.1 Å². The highest BCUT2D eigenvalue weighted by molar-refractivity contribution is 7.14. The highest BCUT2D eigenvalue weighted by Crippen LogP contribution is 2.19. The molecule has 0 aromatic carbocycles. The van der Waals surface area contributed by atoms with Gasteiger partial charge in [0.15, 0.2) is 5.78 Å². The van der Waals surface area contributed by atoms with Crippen LogP contribution in [0.3, 0.4) is 0 Å². The van der Waals surface area contributed by atoms with Crippen molar-refractivity contribution in [3.05, 3.63) is 21.9 Å². The van der Waals surface area contributed by atoms with Crippen molar-refractivity contribution in [2.75, 3.05) is 6.54 Å². The van der Waals surface area contributed by atoms with Gasteiger partial charge in [-0.2, -0.15) is 0 Å². The molecule has 1 aliphatic heterocycles. The van der Waals surface area contributed by atoms with Crippen molar-refractivity contribution >= 4 is 17.1 Å². The quantitative estimate of drug-likeness (QED) is 0.818. The van der Waals surface area contributed by atoms with Crippen molar-refractivity contribution in [1.82, 2.24) is 5.32 Å². The Hall–Kier alpha value is -0.670. The number of carbonyl (C=O) groups is 1. The zero-order chi connectivity index (χ0) is 11.4. The molecule has 1 N–H and O–H groups in total. The maximum Gasteiger partial charge on any atom is 0.174 e. The molecule has 0 spiro atoms. The fraction of sp³-hybridized carbons (Fsp3) is 0.615. The molecule has 0 aliphatic carbocycles. The van der Waals surface area contributed by atoms with Crippen LogP contribution < -0.4 is 5.32 Å². The van der Waals surface area contributed by atoms with E-state index < -0.39 is 0 Å². The van der Waals surface area contributed by atoms with E-state index in [-0.39, 0.29) is 0 Å². The maximum atomic E-state index is 12.0. The first-order chi connectivity index (χ1) is 7.75. The van der Waals surface area contributed by atoms with Gasteiger partial charge in [-0.05, 0) is 38.4 Å². The zero-order valence-corrected chi connectivity index (χ0v) is 10.6. The molecule has 0 bridgehead atoms. The first-order valence-electron chi connectivity index (χ1n) is 6.09. The summed E-state index contributed by atoms with van der Waals surface area (Å²) in [5.41, 5.74) is 0. The molecule has 1 saturated heterocycles. The van der Waals surface area contributed by atoms with Crippen LogP contribution in [-0.2, 0) is 0 Å². The number of aryl methyl sites for hydroxylation is 1. The van der Waals surface area contributed by atoms with E-state index >= 15 is 0 Å². The van der Waals surface area contributed by atoms with Crippen molar-refractivity contribution in [3.63, 3.8) is 0 Å². The number of hydrogen-bond donors (Lipinski definition) is 1.